The minimum atomic E-state index is -0.304. The normalized spacial score (nSPS) is 12.7. The van der Waals surface area contributed by atoms with E-state index in [1.807, 2.05) is 6.92 Å². The summed E-state index contributed by atoms with van der Waals surface area (Å²) < 4.78 is 13.1. The molecule has 18 heavy (non-hydrogen) atoms. The van der Waals surface area contributed by atoms with Crippen molar-refractivity contribution in [2.24, 2.45) is 0 Å². The topological polar surface area (TPSA) is 12.0 Å². The van der Waals surface area contributed by atoms with E-state index < -0.39 is 0 Å². The predicted molar refractivity (Wildman–Crippen MR) is 76.0 cm³/mol. The third-order valence-electron chi connectivity index (χ3n) is 2.73. The van der Waals surface area contributed by atoms with Crippen molar-refractivity contribution in [1.82, 2.24) is 5.32 Å². The Kier molecular flexibility index (Phi) is 4.38. The Balaban J connectivity index is 2.41. The fourth-order valence-electron chi connectivity index (χ4n) is 1.91. The molecule has 1 N–H and O–H groups in total. The van der Waals surface area contributed by atoms with Crippen LogP contribution < -0.4 is 5.32 Å². The first kappa shape index (κ1) is 13.5. The van der Waals surface area contributed by atoms with E-state index in [0.717, 1.165) is 12.1 Å². The summed E-state index contributed by atoms with van der Waals surface area (Å²) in [6, 6.07) is 8.77. The van der Waals surface area contributed by atoms with E-state index in [1.165, 1.54) is 21.9 Å². The van der Waals surface area contributed by atoms with Gasteiger partial charge in [-0.1, -0.05) is 24.6 Å². The van der Waals surface area contributed by atoms with Crippen LogP contribution in [0.2, 0.25) is 5.02 Å². The Morgan fingerprint density at radius 1 is 1.33 bits per heavy atom. The van der Waals surface area contributed by atoms with Crippen molar-refractivity contribution >= 4 is 22.9 Å². The highest BCUT2D eigenvalue weighted by molar-refractivity contribution is 7.12. The lowest BCUT2D eigenvalue weighted by molar-refractivity contribution is 0.617. The third kappa shape index (κ3) is 2.91. The molecule has 0 aliphatic heterocycles. The Bertz CT molecular complexity index is 538. The lowest BCUT2D eigenvalue weighted by Crippen LogP contribution is -2.21. The number of thiophene rings is 1. The van der Waals surface area contributed by atoms with Gasteiger partial charge in [-0.2, -0.15) is 0 Å². The summed E-state index contributed by atoms with van der Waals surface area (Å²) in [7, 11) is 0. The van der Waals surface area contributed by atoms with Crippen LogP contribution >= 0.6 is 22.9 Å². The van der Waals surface area contributed by atoms with Crippen molar-refractivity contribution in [3.05, 3.63) is 56.5 Å². The predicted octanol–water partition coefficient (Wildman–Crippen LogP) is 4.55. The summed E-state index contributed by atoms with van der Waals surface area (Å²) in [6.07, 6.45) is 0. The number of rotatable bonds is 4. The fourth-order valence-corrected chi connectivity index (χ4v) is 3.16. The van der Waals surface area contributed by atoms with Gasteiger partial charge in [-0.25, -0.2) is 4.39 Å². The van der Waals surface area contributed by atoms with E-state index in [4.69, 9.17) is 11.6 Å². The summed E-state index contributed by atoms with van der Waals surface area (Å²) in [6.45, 7) is 4.95. The van der Waals surface area contributed by atoms with Crippen molar-refractivity contribution in [2.45, 2.75) is 19.9 Å². The highest BCUT2D eigenvalue weighted by atomic mass is 35.5. The molecule has 0 amide bonds. The minimum absolute atomic E-state index is 0.0294. The molecule has 1 aromatic carbocycles. The molecule has 0 radical (unpaired) electrons. The molecular weight excluding hydrogens is 269 g/mol. The van der Waals surface area contributed by atoms with Crippen LogP contribution in [-0.2, 0) is 0 Å². The number of nitrogens with one attached hydrogen (secondary N) is 1. The first-order valence-electron chi connectivity index (χ1n) is 5.86. The first-order valence-corrected chi connectivity index (χ1v) is 7.06. The minimum Gasteiger partial charge on any atom is -0.306 e. The molecule has 1 atom stereocenters. The van der Waals surface area contributed by atoms with Crippen molar-refractivity contribution in [2.75, 3.05) is 6.54 Å². The van der Waals surface area contributed by atoms with Crippen molar-refractivity contribution in [1.29, 1.82) is 0 Å². The van der Waals surface area contributed by atoms with Crippen LogP contribution in [0.3, 0.4) is 0 Å². The van der Waals surface area contributed by atoms with Crippen LogP contribution in [-0.4, -0.2) is 6.54 Å². The second-order valence-corrected chi connectivity index (χ2v) is 5.83. The Morgan fingerprint density at radius 2 is 2.11 bits per heavy atom. The maximum absolute atomic E-state index is 13.1. The van der Waals surface area contributed by atoms with Gasteiger partial charge in [-0.05, 0) is 43.3 Å². The summed E-state index contributed by atoms with van der Waals surface area (Å²) >= 11 is 7.87. The Hall–Kier alpha value is -0.900. The van der Waals surface area contributed by atoms with E-state index in [2.05, 4.69) is 24.4 Å². The van der Waals surface area contributed by atoms with E-state index in [9.17, 15) is 4.39 Å². The van der Waals surface area contributed by atoms with E-state index >= 15 is 0 Å². The largest absolute Gasteiger partial charge is 0.306 e. The fraction of sp³-hybridized carbons (Fsp3) is 0.286. The zero-order valence-corrected chi connectivity index (χ0v) is 11.9. The van der Waals surface area contributed by atoms with Crippen molar-refractivity contribution in [3.63, 3.8) is 0 Å². The highest BCUT2D eigenvalue weighted by Gasteiger charge is 2.17. The summed E-state index contributed by atoms with van der Waals surface area (Å²) in [5, 5.41) is 3.86. The molecule has 96 valence electrons. The average molecular weight is 284 g/mol. The molecule has 4 heteroatoms. The quantitative estimate of drug-likeness (QED) is 0.868. The van der Waals surface area contributed by atoms with Gasteiger partial charge in [0.15, 0.2) is 0 Å². The molecule has 0 aliphatic carbocycles. The van der Waals surface area contributed by atoms with Gasteiger partial charge in [0.25, 0.3) is 0 Å². The van der Waals surface area contributed by atoms with E-state index in [-0.39, 0.29) is 11.9 Å². The molecule has 0 saturated carbocycles. The molecule has 1 aromatic heterocycles. The molecule has 0 spiro atoms. The first-order chi connectivity index (χ1) is 8.61. The van der Waals surface area contributed by atoms with Crippen LogP contribution in [0.1, 0.15) is 28.3 Å². The number of halogens is 2. The molecule has 1 nitrogen and oxygen atoms in total. The highest BCUT2D eigenvalue weighted by Crippen LogP contribution is 2.32. The maximum Gasteiger partial charge on any atom is 0.124 e. The van der Waals surface area contributed by atoms with Gasteiger partial charge in [0, 0.05) is 14.8 Å². The van der Waals surface area contributed by atoms with E-state index in [1.54, 1.807) is 17.4 Å². The zero-order chi connectivity index (χ0) is 13.1. The van der Waals surface area contributed by atoms with Gasteiger partial charge in [-0.15, -0.1) is 11.3 Å². The van der Waals surface area contributed by atoms with Crippen molar-refractivity contribution in [3.8, 4) is 0 Å². The molecule has 1 unspecified atom stereocenters. The van der Waals surface area contributed by atoms with Gasteiger partial charge >= 0.3 is 0 Å². The van der Waals surface area contributed by atoms with Gasteiger partial charge in [0.1, 0.15) is 5.82 Å². The van der Waals surface area contributed by atoms with Crippen molar-refractivity contribution < 1.29 is 4.39 Å². The number of hydrogen-bond acceptors (Lipinski definition) is 2. The Morgan fingerprint density at radius 3 is 2.67 bits per heavy atom. The SMILES string of the molecule is CCNC(c1ccc(C)s1)c1ccc(F)cc1Cl. The Labute approximate surface area is 116 Å². The third-order valence-corrected chi connectivity index (χ3v) is 4.12. The van der Waals surface area contributed by atoms with Crippen LogP contribution in [0.5, 0.6) is 0 Å². The van der Waals surface area contributed by atoms with Crippen LogP contribution in [0, 0.1) is 12.7 Å². The lowest BCUT2D eigenvalue weighted by atomic mass is 10.1. The van der Waals surface area contributed by atoms with E-state index in [0.29, 0.717) is 5.02 Å². The molecule has 0 fully saturated rings. The van der Waals surface area contributed by atoms with Gasteiger partial charge in [0.05, 0.1) is 6.04 Å². The summed E-state index contributed by atoms with van der Waals surface area (Å²) in [5.41, 5.74) is 0.918. The lowest BCUT2D eigenvalue weighted by Gasteiger charge is -2.18. The standard InChI is InChI=1S/C14H15ClFNS/c1-3-17-14(13-7-4-9(2)18-13)11-6-5-10(16)8-12(11)15/h4-8,14,17H,3H2,1-2H3. The summed E-state index contributed by atoms with van der Waals surface area (Å²) in [4.78, 5) is 2.45. The van der Waals surface area contributed by atoms with Crippen LogP contribution in [0.15, 0.2) is 30.3 Å². The molecule has 0 bridgehead atoms. The number of benzene rings is 1. The monoisotopic (exact) mass is 283 g/mol. The maximum atomic E-state index is 13.1. The molecular formula is C14H15ClFNS. The second-order valence-electron chi connectivity index (χ2n) is 4.10. The van der Waals surface area contributed by atoms with Gasteiger partial charge in [0.2, 0.25) is 0 Å². The van der Waals surface area contributed by atoms with Crippen LogP contribution in [0.25, 0.3) is 0 Å². The van der Waals surface area contributed by atoms with Gasteiger partial charge < -0.3 is 5.32 Å². The molecule has 2 aromatic rings. The average Bonchev–Trinajstić information content (AvgIpc) is 2.73. The summed E-state index contributed by atoms with van der Waals surface area (Å²) in [5.74, 6) is -0.304. The zero-order valence-electron chi connectivity index (χ0n) is 10.3. The smallest absolute Gasteiger partial charge is 0.124 e. The number of hydrogen-bond donors (Lipinski definition) is 1. The number of aryl methyl sites for hydroxylation is 1. The van der Waals surface area contributed by atoms with Gasteiger partial charge in [-0.3, -0.25) is 0 Å². The molecule has 2 rings (SSSR count). The second kappa shape index (κ2) is 5.83. The molecule has 0 saturated heterocycles. The molecule has 0 aliphatic rings. The van der Waals surface area contributed by atoms with Crippen LogP contribution in [0.4, 0.5) is 4.39 Å². The molecule has 1 heterocycles.